The SMILES string of the molecule is CNc1ccc(Oc2ccc(SC)c(OC)c2)c(CN)c1. The van der Waals surface area contributed by atoms with Crippen LogP contribution in [-0.4, -0.2) is 20.4 Å². The molecule has 0 fully saturated rings. The first kappa shape index (κ1) is 15.5. The van der Waals surface area contributed by atoms with Crippen LogP contribution in [0.1, 0.15) is 5.56 Å². The van der Waals surface area contributed by atoms with Crippen LogP contribution >= 0.6 is 11.8 Å². The van der Waals surface area contributed by atoms with E-state index in [4.69, 9.17) is 15.2 Å². The second kappa shape index (κ2) is 7.24. The van der Waals surface area contributed by atoms with E-state index in [1.165, 1.54) is 0 Å². The maximum absolute atomic E-state index is 5.94. The Bertz CT molecular complexity index is 617. The van der Waals surface area contributed by atoms with E-state index >= 15 is 0 Å². The first-order valence-corrected chi connectivity index (χ1v) is 7.85. The van der Waals surface area contributed by atoms with E-state index < -0.39 is 0 Å². The van der Waals surface area contributed by atoms with E-state index in [0.717, 1.165) is 33.4 Å². The van der Waals surface area contributed by atoms with Gasteiger partial charge in [-0.1, -0.05) is 0 Å². The van der Waals surface area contributed by atoms with E-state index in [0.29, 0.717) is 6.54 Å². The lowest BCUT2D eigenvalue weighted by Crippen LogP contribution is -2.01. The maximum Gasteiger partial charge on any atom is 0.136 e. The maximum atomic E-state index is 5.94. The van der Waals surface area contributed by atoms with Gasteiger partial charge in [0.05, 0.1) is 7.11 Å². The van der Waals surface area contributed by atoms with E-state index in [-0.39, 0.29) is 0 Å². The van der Waals surface area contributed by atoms with Crippen LogP contribution in [0.3, 0.4) is 0 Å². The summed E-state index contributed by atoms with van der Waals surface area (Å²) in [5.74, 6) is 2.30. The number of hydrogen-bond donors (Lipinski definition) is 2. The van der Waals surface area contributed by atoms with Crippen molar-refractivity contribution in [3.8, 4) is 17.2 Å². The topological polar surface area (TPSA) is 56.5 Å². The number of nitrogens with one attached hydrogen (secondary N) is 1. The molecule has 0 aliphatic carbocycles. The first-order chi connectivity index (χ1) is 10.2. The monoisotopic (exact) mass is 304 g/mol. The second-order valence-electron chi connectivity index (χ2n) is 4.40. The lowest BCUT2D eigenvalue weighted by atomic mass is 10.1. The van der Waals surface area contributed by atoms with Gasteiger partial charge >= 0.3 is 0 Å². The molecule has 0 aromatic heterocycles. The van der Waals surface area contributed by atoms with Crippen molar-refractivity contribution < 1.29 is 9.47 Å². The standard InChI is InChI=1S/C16H20N2O2S/c1-18-12-4-6-14(11(8-12)10-17)20-13-5-7-16(21-3)15(9-13)19-2/h4-9,18H,10,17H2,1-3H3. The number of benzene rings is 2. The molecule has 0 spiro atoms. The summed E-state index contributed by atoms with van der Waals surface area (Å²) in [6.07, 6.45) is 2.02. The van der Waals surface area contributed by atoms with Crippen molar-refractivity contribution in [2.45, 2.75) is 11.4 Å². The highest BCUT2D eigenvalue weighted by atomic mass is 32.2. The smallest absolute Gasteiger partial charge is 0.136 e. The van der Waals surface area contributed by atoms with Crippen LogP contribution in [-0.2, 0) is 6.54 Å². The Hall–Kier alpha value is -1.85. The molecule has 2 aromatic rings. The summed E-state index contributed by atoms with van der Waals surface area (Å²) in [5, 5.41) is 3.09. The molecule has 0 aliphatic rings. The molecule has 112 valence electrons. The minimum Gasteiger partial charge on any atom is -0.495 e. The fraction of sp³-hybridized carbons (Fsp3) is 0.250. The van der Waals surface area contributed by atoms with Crippen molar-refractivity contribution in [3.05, 3.63) is 42.0 Å². The largest absolute Gasteiger partial charge is 0.495 e. The summed E-state index contributed by atoms with van der Waals surface area (Å²) < 4.78 is 11.3. The Morgan fingerprint density at radius 2 is 1.95 bits per heavy atom. The molecule has 0 radical (unpaired) electrons. The van der Waals surface area contributed by atoms with Crippen molar-refractivity contribution in [3.63, 3.8) is 0 Å². The van der Waals surface area contributed by atoms with E-state index in [1.807, 2.05) is 49.7 Å². The fourth-order valence-electron chi connectivity index (χ4n) is 2.00. The van der Waals surface area contributed by atoms with Gasteiger partial charge in [-0.15, -0.1) is 11.8 Å². The molecule has 2 aromatic carbocycles. The average Bonchev–Trinajstić information content (AvgIpc) is 2.55. The van der Waals surface area contributed by atoms with Gasteiger partial charge in [0.2, 0.25) is 0 Å². The zero-order chi connectivity index (χ0) is 15.2. The molecule has 21 heavy (non-hydrogen) atoms. The van der Waals surface area contributed by atoms with Crippen LogP contribution in [0.4, 0.5) is 5.69 Å². The summed E-state index contributed by atoms with van der Waals surface area (Å²) in [5.41, 5.74) is 7.76. The summed E-state index contributed by atoms with van der Waals surface area (Å²) >= 11 is 1.64. The van der Waals surface area contributed by atoms with Crippen molar-refractivity contribution in [1.29, 1.82) is 0 Å². The van der Waals surface area contributed by atoms with Crippen molar-refractivity contribution in [2.24, 2.45) is 5.73 Å². The third kappa shape index (κ3) is 3.62. The van der Waals surface area contributed by atoms with Gasteiger partial charge in [0.15, 0.2) is 0 Å². The van der Waals surface area contributed by atoms with Gasteiger partial charge in [0.25, 0.3) is 0 Å². The van der Waals surface area contributed by atoms with E-state index in [1.54, 1.807) is 18.9 Å². The van der Waals surface area contributed by atoms with Gasteiger partial charge < -0.3 is 20.5 Å². The molecule has 0 saturated heterocycles. The van der Waals surface area contributed by atoms with Crippen molar-refractivity contribution in [1.82, 2.24) is 0 Å². The summed E-state index contributed by atoms with van der Waals surface area (Å²) in [6, 6.07) is 11.7. The fourth-order valence-corrected chi connectivity index (χ4v) is 2.55. The molecule has 4 nitrogen and oxygen atoms in total. The number of hydrogen-bond acceptors (Lipinski definition) is 5. The number of anilines is 1. The normalized spacial score (nSPS) is 10.3. The zero-order valence-corrected chi connectivity index (χ0v) is 13.3. The predicted octanol–water partition coefficient (Wildman–Crippen LogP) is 3.71. The molecule has 3 N–H and O–H groups in total. The van der Waals surface area contributed by atoms with E-state index in [9.17, 15) is 0 Å². The minimum atomic E-state index is 0.422. The second-order valence-corrected chi connectivity index (χ2v) is 5.24. The highest BCUT2D eigenvalue weighted by Crippen LogP contribution is 2.34. The molecule has 0 aliphatic heterocycles. The lowest BCUT2D eigenvalue weighted by Gasteiger charge is -2.13. The number of methoxy groups -OCH3 is 1. The zero-order valence-electron chi connectivity index (χ0n) is 12.5. The number of thioether (sulfide) groups is 1. The lowest BCUT2D eigenvalue weighted by molar-refractivity contribution is 0.399. The van der Waals surface area contributed by atoms with Crippen LogP contribution in [0, 0.1) is 0 Å². The van der Waals surface area contributed by atoms with Crippen LogP contribution in [0.15, 0.2) is 41.3 Å². The van der Waals surface area contributed by atoms with Gasteiger partial charge in [-0.2, -0.15) is 0 Å². The molecule has 0 atom stereocenters. The Labute approximate surface area is 129 Å². The Morgan fingerprint density at radius 3 is 2.57 bits per heavy atom. The quantitative estimate of drug-likeness (QED) is 0.797. The number of ether oxygens (including phenoxy) is 2. The Balaban J connectivity index is 2.29. The Morgan fingerprint density at radius 1 is 1.14 bits per heavy atom. The number of rotatable bonds is 6. The first-order valence-electron chi connectivity index (χ1n) is 6.62. The highest BCUT2D eigenvalue weighted by molar-refractivity contribution is 7.98. The van der Waals surface area contributed by atoms with Gasteiger partial charge in [0, 0.05) is 35.8 Å². The van der Waals surface area contributed by atoms with E-state index in [2.05, 4.69) is 5.32 Å². The molecular formula is C16H20N2O2S. The summed E-state index contributed by atoms with van der Waals surface area (Å²) in [6.45, 7) is 0.422. The average molecular weight is 304 g/mol. The van der Waals surface area contributed by atoms with Gasteiger partial charge in [-0.3, -0.25) is 0 Å². The van der Waals surface area contributed by atoms with Crippen molar-refractivity contribution in [2.75, 3.05) is 25.7 Å². The third-order valence-electron chi connectivity index (χ3n) is 3.15. The van der Waals surface area contributed by atoms with Crippen LogP contribution < -0.4 is 20.5 Å². The van der Waals surface area contributed by atoms with Crippen LogP contribution in [0.25, 0.3) is 0 Å². The van der Waals surface area contributed by atoms with Crippen LogP contribution in [0.5, 0.6) is 17.2 Å². The number of nitrogens with two attached hydrogens (primary N) is 1. The molecule has 0 amide bonds. The summed E-state index contributed by atoms with van der Waals surface area (Å²) in [7, 11) is 3.54. The molecule has 5 heteroatoms. The van der Waals surface area contributed by atoms with Gasteiger partial charge in [-0.05, 0) is 36.6 Å². The molecule has 2 rings (SSSR count). The molecule has 0 bridgehead atoms. The molecule has 0 heterocycles. The van der Waals surface area contributed by atoms with Gasteiger partial charge in [0.1, 0.15) is 17.2 Å². The summed E-state index contributed by atoms with van der Waals surface area (Å²) in [4.78, 5) is 1.08. The molecule has 0 unspecified atom stereocenters. The third-order valence-corrected chi connectivity index (χ3v) is 3.93. The molecular weight excluding hydrogens is 284 g/mol. The van der Waals surface area contributed by atoms with Crippen LogP contribution in [0.2, 0.25) is 0 Å². The highest BCUT2D eigenvalue weighted by Gasteiger charge is 2.08. The molecule has 0 saturated carbocycles. The van der Waals surface area contributed by atoms with Gasteiger partial charge in [-0.25, -0.2) is 0 Å². The van der Waals surface area contributed by atoms with Crippen molar-refractivity contribution >= 4 is 17.4 Å². The predicted molar refractivity (Wildman–Crippen MR) is 88.7 cm³/mol. The minimum absolute atomic E-state index is 0.422. The Kier molecular flexibility index (Phi) is 5.36.